The second-order valence-electron chi connectivity index (χ2n) is 10.5. The number of hydrogen-bond donors (Lipinski definition) is 1. The summed E-state index contributed by atoms with van der Waals surface area (Å²) in [7, 11) is 1.78. The van der Waals surface area contributed by atoms with Crippen molar-refractivity contribution in [2.75, 3.05) is 25.1 Å². The molecule has 1 aliphatic heterocycles. The van der Waals surface area contributed by atoms with Gasteiger partial charge in [0.15, 0.2) is 0 Å². The van der Waals surface area contributed by atoms with Gasteiger partial charge in [-0.2, -0.15) is 0 Å². The van der Waals surface area contributed by atoms with E-state index >= 15 is 0 Å². The standard InChI is InChI=1S/C30H37ClN2O2/c1-21-8-6-13-27-30(21,18-19-32-29(34)23-14-16-24(31)17-15-23)25-11-7-12-26(35-2)28(25)33(27)20-22-9-4-3-5-10-22/h7,11-12,14-17,22,27H,1,3-6,8-10,13,18-20H2,2H3,(H,32,34)/t27-,30-/m0/s1. The summed E-state index contributed by atoms with van der Waals surface area (Å²) in [6, 6.07) is 13.9. The average molecular weight is 493 g/mol. The van der Waals surface area contributed by atoms with E-state index in [0.29, 0.717) is 23.2 Å². The number of carbonyl (C=O) groups is 1. The predicted molar refractivity (Wildman–Crippen MR) is 144 cm³/mol. The van der Waals surface area contributed by atoms with Crippen LogP contribution in [0.4, 0.5) is 5.69 Å². The van der Waals surface area contributed by atoms with Crippen LogP contribution in [0.15, 0.2) is 54.6 Å². The highest BCUT2D eigenvalue weighted by Crippen LogP contribution is 2.58. The molecule has 5 rings (SSSR count). The molecule has 0 spiro atoms. The number of halogens is 1. The third kappa shape index (κ3) is 4.46. The highest BCUT2D eigenvalue weighted by molar-refractivity contribution is 6.30. The van der Waals surface area contributed by atoms with Gasteiger partial charge in [0.2, 0.25) is 0 Å². The van der Waals surface area contributed by atoms with Crippen molar-refractivity contribution in [3.05, 3.63) is 70.8 Å². The normalized spacial score (nSPS) is 24.1. The Morgan fingerprint density at radius 3 is 2.63 bits per heavy atom. The fourth-order valence-corrected chi connectivity index (χ4v) is 7.05. The van der Waals surface area contributed by atoms with Crippen molar-refractivity contribution in [2.45, 2.75) is 69.2 Å². The Hall–Kier alpha value is -2.46. The summed E-state index contributed by atoms with van der Waals surface area (Å²) >= 11 is 6.00. The number of rotatable bonds is 7. The van der Waals surface area contributed by atoms with Crippen LogP contribution >= 0.6 is 11.6 Å². The van der Waals surface area contributed by atoms with Gasteiger partial charge in [0.25, 0.3) is 5.91 Å². The van der Waals surface area contributed by atoms with Crippen molar-refractivity contribution in [2.24, 2.45) is 5.92 Å². The van der Waals surface area contributed by atoms with Crippen molar-refractivity contribution in [1.29, 1.82) is 0 Å². The number of benzene rings is 2. The molecule has 4 nitrogen and oxygen atoms in total. The number of methoxy groups -OCH3 is 1. The molecular formula is C30H37ClN2O2. The minimum Gasteiger partial charge on any atom is -0.495 e. The molecule has 2 saturated carbocycles. The number of nitrogens with one attached hydrogen (secondary N) is 1. The van der Waals surface area contributed by atoms with Gasteiger partial charge in [0.1, 0.15) is 5.75 Å². The molecule has 3 aliphatic rings. The number of para-hydroxylation sites is 1. The molecule has 2 atom stereocenters. The van der Waals surface area contributed by atoms with Gasteiger partial charge in [0.05, 0.1) is 12.8 Å². The van der Waals surface area contributed by atoms with E-state index in [9.17, 15) is 4.79 Å². The van der Waals surface area contributed by atoms with Crippen molar-refractivity contribution >= 4 is 23.2 Å². The summed E-state index contributed by atoms with van der Waals surface area (Å²) in [6.07, 6.45) is 10.9. The van der Waals surface area contributed by atoms with E-state index in [4.69, 9.17) is 16.3 Å². The van der Waals surface area contributed by atoms with Crippen LogP contribution in [0.25, 0.3) is 0 Å². The van der Waals surface area contributed by atoms with Crippen LogP contribution in [0.3, 0.4) is 0 Å². The van der Waals surface area contributed by atoms with E-state index in [0.717, 1.165) is 37.5 Å². The van der Waals surface area contributed by atoms with Crippen LogP contribution in [0.2, 0.25) is 5.02 Å². The Labute approximate surface area is 214 Å². The zero-order valence-electron chi connectivity index (χ0n) is 20.8. The lowest BCUT2D eigenvalue weighted by molar-refractivity contribution is 0.0949. The summed E-state index contributed by atoms with van der Waals surface area (Å²) in [4.78, 5) is 15.5. The van der Waals surface area contributed by atoms with Gasteiger partial charge in [0, 0.05) is 35.1 Å². The largest absolute Gasteiger partial charge is 0.495 e. The Morgan fingerprint density at radius 2 is 1.89 bits per heavy atom. The Kier molecular flexibility index (Phi) is 7.11. The Bertz CT molecular complexity index is 1080. The van der Waals surface area contributed by atoms with Crippen LogP contribution < -0.4 is 15.0 Å². The van der Waals surface area contributed by atoms with E-state index in [1.807, 2.05) is 0 Å². The molecule has 5 heteroatoms. The molecular weight excluding hydrogens is 456 g/mol. The summed E-state index contributed by atoms with van der Waals surface area (Å²) in [5.41, 5.74) is 4.37. The highest BCUT2D eigenvalue weighted by atomic mass is 35.5. The molecule has 2 fully saturated rings. The molecule has 0 saturated heterocycles. The van der Waals surface area contributed by atoms with Gasteiger partial charge in [-0.1, -0.05) is 55.1 Å². The summed E-state index contributed by atoms with van der Waals surface area (Å²) in [5.74, 6) is 1.64. The number of carbonyl (C=O) groups excluding carboxylic acids is 1. The predicted octanol–water partition coefficient (Wildman–Crippen LogP) is 6.92. The maximum Gasteiger partial charge on any atom is 0.251 e. The molecule has 0 unspecified atom stereocenters. The van der Waals surface area contributed by atoms with Gasteiger partial charge < -0.3 is 15.0 Å². The second kappa shape index (κ2) is 10.3. The molecule has 1 heterocycles. The molecule has 0 radical (unpaired) electrons. The molecule has 1 amide bonds. The van der Waals surface area contributed by atoms with Crippen molar-refractivity contribution in [3.8, 4) is 5.75 Å². The Morgan fingerprint density at radius 1 is 1.11 bits per heavy atom. The summed E-state index contributed by atoms with van der Waals surface area (Å²) in [5, 5.41) is 3.81. The number of ether oxygens (including phenoxy) is 1. The van der Waals surface area contributed by atoms with Crippen LogP contribution in [0.5, 0.6) is 5.75 Å². The van der Waals surface area contributed by atoms with Crippen molar-refractivity contribution in [3.63, 3.8) is 0 Å². The lowest BCUT2D eigenvalue weighted by atomic mass is 9.63. The molecule has 0 aromatic heterocycles. The topological polar surface area (TPSA) is 41.6 Å². The monoisotopic (exact) mass is 492 g/mol. The number of hydrogen-bond acceptors (Lipinski definition) is 3. The lowest BCUT2D eigenvalue weighted by Gasteiger charge is -2.45. The number of nitrogens with zero attached hydrogens (tertiary/aromatic N) is 1. The minimum atomic E-state index is -0.163. The molecule has 2 aromatic carbocycles. The second-order valence-corrected chi connectivity index (χ2v) is 10.9. The van der Waals surface area contributed by atoms with Crippen LogP contribution in [0, 0.1) is 5.92 Å². The fraction of sp³-hybridized carbons (Fsp3) is 0.500. The van der Waals surface area contributed by atoms with Gasteiger partial charge in [-0.3, -0.25) is 4.79 Å². The Balaban J connectivity index is 1.44. The van der Waals surface area contributed by atoms with E-state index in [1.54, 1.807) is 31.4 Å². The summed E-state index contributed by atoms with van der Waals surface area (Å²) in [6.45, 7) is 6.33. The quantitative estimate of drug-likeness (QED) is 0.426. The first-order valence-electron chi connectivity index (χ1n) is 13.2. The third-order valence-electron chi connectivity index (χ3n) is 8.61. The molecule has 186 valence electrons. The van der Waals surface area contributed by atoms with Gasteiger partial charge in [-0.05, 0) is 80.3 Å². The molecule has 2 aromatic rings. The SMILES string of the molecule is C=C1CCC[C@@H]2N(CC3CCCCC3)c3c(OC)cccc3[C@]12CCNC(=O)c1ccc(Cl)cc1. The van der Waals surface area contributed by atoms with E-state index in [2.05, 4.69) is 35.0 Å². The van der Waals surface area contributed by atoms with Crippen LogP contribution in [-0.2, 0) is 5.41 Å². The van der Waals surface area contributed by atoms with Gasteiger partial charge >= 0.3 is 0 Å². The maximum atomic E-state index is 12.8. The number of fused-ring (bicyclic) bond motifs is 3. The van der Waals surface area contributed by atoms with Gasteiger partial charge in [-0.25, -0.2) is 0 Å². The zero-order chi connectivity index (χ0) is 24.4. The fourth-order valence-electron chi connectivity index (χ4n) is 6.93. The smallest absolute Gasteiger partial charge is 0.251 e. The van der Waals surface area contributed by atoms with E-state index in [1.165, 1.54) is 55.3 Å². The van der Waals surface area contributed by atoms with Gasteiger partial charge in [-0.15, -0.1) is 0 Å². The molecule has 0 bridgehead atoms. The molecule has 35 heavy (non-hydrogen) atoms. The average Bonchev–Trinajstić information content (AvgIpc) is 3.16. The van der Waals surface area contributed by atoms with Crippen molar-refractivity contribution < 1.29 is 9.53 Å². The van der Waals surface area contributed by atoms with Crippen LogP contribution in [-0.4, -0.2) is 32.1 Å². The van der Waals surface area contributed by atoms with E-state index < -0.39 is 0 Å². The number of amides is 1. The highest BCUT2D eigenvalue weighted by Gasteiger charge is 2.54. The molecule has 1 N–H and O–H groups in total. The molecule has 2 aliphatic carbocycles. The minimum absolute atomic E-state index is 0.0565. The maximum absolute atomic E-state index is 12.8. The third-order valence-corrected chi connectivity index (χ3v) is 8.86. The lowest BCUT2D eigenvalue weighted by Crippen LogP contribution is -2.50. The first-order chi connectivity index (χ1) is 17.0. The van der Waals surface area contributed by atoms with E-state index in [-0.39, 0.29) is 11.3 Å². The summed E-state index contributed by atoms with van der Waals surface area (Å²) < 4.78 is 5.92. The zero-order valence-corrected chi connectivity index (χ0v) is 21.6. The van der Waals surface area contributed by atoms with Crippen molar-refractivity contribution in [1.82, 2.24) is 5.32 Å². The van der Waals surface area contributed by atoms with Crippen LogP contribution in [0.1, 0.15) is 73.7 Å². The first-order valence-corrected chi connectivity index (χ1v) is 13.6. The number of anilines is 1. The first kappa shape index (κ1) is 24.2.